The first-order valence-electron chi connectivity index (χ1n) is 9.17. The van der Waals surface area contributed by atoms with Gasteiger partial charge < -0.3 is 4.57 Å². The number of aldehydes is 1. The predicted octanol–water partition coefficient (Wildman–Crippen LogP) is 5.44. The molecule has 4 rings (SSSR count). The largest absolute Gasteiger partial charge is 0.343 e. The summed E-state index contributed by atoms with van der Waals surface area (Å²) in [5.74, 6) is 1.38. The third-order valence-electron chi connectivity index (χ3n) is 5.41. The highest BCUT2D eigenvalue weighted by atomic mass is 35.5. The van der Waals surface area contributed by atoms with Gasteiger partial charge in [0.25, 0.3) is 0 Å². The van der Waals surface area contributed by atoms with E-state index in [0.29, 0.717) is 27.7 Å². The number of hydrogen-bond acceptors (Lipinski definition) is 4. The molecular formula is C20H20Cl2N4O. The Bertz CT molecular complexity index is 993. The number of halogens is 2. The first-order valence-corrected chi connectivity index (χ1v) is 9.93. The van der Waals surface area contributed by atoms with Crippen LogP contribution in [-0.4, -0.2) is 25.8 Å². The number of carbonyl (C=O) groups is 1. The van der Waals surface area contributed by atoms with E-state index in [4.69, 9.17) is 23.2 Å². The summed E-state index contributed by atoms with van der Waals surface area (Å²) in [6.07, 6.45) is 10.8. The minimum absolute atomic E-state index is 0.102. The maximum atomic E-state index is 11.6. The van der Waals surface area contributed by atoms with Gasteiger partial charge in [-0.25, -0.2) is 9.97 Å². The van der Waals surface area contributed by atoms with E-state index in [0.717, 1.165) is 29.8 Å². The number of fused-ring (bicyclic) bond motifs is 1. The Morgan fingerprint density at radius 2 is 1.96 bits per heavy atom. The number of nitrogens with zero attached hydrogens (tertiary/aromatic N) is 4. The van der Waals surface area contributed by atoms with Crippen molar-refractivity contribution in [1.29, 1.82) is 0 Å². The van der Waals surface area contributed by atoms with Gasteiger partial charge in [-0.1, -0.05) is 31.4 Å². The summed E-state index contributed by atoms with van der Waals surface area (Å²) in [5.41, 5.74) is 3.31. The quantitative estimate of drug-likeness (QED) is 0.430. The molecule has 0 radical (unpaired) electrons. The molecule has 1 aliphatic rings. The Kier molecular flexibility index (Phi) is 5.15. The fourth-order valence-electron chi connectivity index (χ4n) is 3.96. The highest BCUT2D eigenvalue weighted by Gasteiger charge is 2.22. The van der Waals surface area contributed by atoms with Crippen molar-refractivity contribution in [2.24, 2.45) is 11.8 Å². The molecule has 1 fully saturated rings. The maximum absolute atomic E-state index is 11.6. The van der Waals surface area contributed by atoms with Crippen LogP contribution in [-0.2, 0) is 6.54 Å². The normalized spacial score (nSPS) is 20.1. The van der Waals surface area contributed by atoms with Crippen LogP contribution >= 0.6 is 23.2 Å². The molecule has 1 aliphatic carbocycles. The molecule has 3 aromatic rings. The molecule has 0 amide bonds. The SMILES string of the molecule is CC1CCC(Cn2cc(C=O)c3nc(Cl)nc(-c4cncc(Cl)c4)c32)CC1. The lowest BCUT2D eigenvalue weighted by atomic mass is 9.83. The van der Waals surface area contributed by atoms with Gasteiger partial charge in [0.15, 0.2) is 6.29 Å². The van der Waals surface area contributed by atoms with Gasteiger partial charge in [0.1, 0.15) is 11.2 Å². The lowest BCUT2D eigenvalue weighted by molar-refractivity contribution is 0.112. The van der Waals surface area contributed by atoms with E-state index in [1.165, 1.54) is 25.7 Å². The summed E-state index contributed by atoms with van der Waals surface area (Å²) in [6, 6.07) is 1.80. The molecular weight excluding hydrogens is 383 g/mol. The number of aromatic nitrogens is 4. The highest BCUT2D eigenvalue weighted by molar-refractivity contribution is 6.31. The van der Waals surface area contributed by atoms with Crippen molar-refractivity contribution in [2.75, 3.05) is 0 Å². The molecule has 0 saturated heterocycles. The Morgan fingerprint density at radius 3 is 2.67 bits per heavy atom. The van der Waals surface area contributed by atoms with E-state index < -0.39 is 0 Å². The van der Waals surface area contributed by atoms with Crippen LogP contribution in [0, 0.1) is 11.8 Å². The molecule has 0 aromatic carbocycles. The minimum Gasteiger partial charge on any atom is -0.343 e. The maximum Gasteiger partial charge on any atom is 0.223 e. The molecule has 140 valence electrons. The first kappa shape index (κ1) is 18.4. The zero-order valence-electron chi connectivity index (χ0n) is 15.0. The van der Waals surface area contributed by atoms with Crippen LogP contribution in [0.3, 0.4) is 0 Å². The third-order valence-corrected chi connectivity index (χ3v) is 5.78. The predicted molar refractivity (Wildman–Crippen MR) is 107 cm³/mol. The van der Waals surface area contributed by atoms with Crippen LogP contribution in [0.1, 0.15) is 43.0 Å². The van der Waals surface area contributed by atoms with Crippen molar-refractivity contribution in [2.45, 2.75) is 39.2 Å². The van der Waals surface area contributed by atoms with Gasteiger partial charge in [-0.2, -0.15) is 0 Å². The molecule has 7 heteroatoms. The van der Waals surface area contributed by atoms with Crippen LogP contribution < -0.4 is 0 Å². The van der Waals surface area contributed by atoms with Gasteiger partial charge in [0.2, 0.25) is 5.28 Å². The number of pyridine rings is 1. The Balaban J connectivity index is 1.85. The molecule has 0 aliphatic heterocycles. The van der Waals surface area contributed by atoms with E-state index in [-0.39, 0.29) is 5.28 Å². The van der Waals surface area contributed by atoms with Crippen LogP contribution in [0.4, 0.5) is 0 Å². The van der Waals surface area contributed by atoms with E-state index in [2.05, 4.69) is 26.4 Å². The van der Waals surface area contributed by atoms with Crippen molar-refractivity contribution in [3.05, 3.63) is 40.5 Å². The molecule has 0 N–H and O–H groups in total. The van der Waals surface area contributed by atoms with Crippen molar-refractivity contribution in [3.63, 3.8) is 0 Å². The average Bonchev–Trinajstić information content (AvgIpc) is 3.00. The van der Waals surface area contributed by atoms with Crippen molar-refractivity contribution >= 4 is 40.5 Å². The van der Waals surface area contributed by atoms with Gasteiger partial charge in [0, 0.05) is 30.7 Å². The lowest BCUT2D eigenvalue weighted by Crippen LogP contribution is -2.17. The van der Waals surface area contributed by atoms with Crippen molar-refractivity contribution in [3.8, 4) is 11.3 Å². The summed E-state index contributed by atoms with van der Waals surface area (Å²) >= 11 is 12.3. The topological polar surface area (TPSA) is 60.7 Å². The van der Waals surface area contributed by atoms with Crippen molar-refractivity contribution < 1.29 is 4.79 Å². The minimum atomic E-state index is 0.102. The second-order valence-electron chi connectivity index (χ2n) is 7.41. The molecule has 0 atom stereocenters. The molecule has 1 saturated carbocycles. The standard InChI is InChI=1S/C20H20Cl2N4O/c1-12-2-4-13(5-3-12)9-26-10-15(11-27)18-19(26)17(24-20(22)25-18)14-6-16(21)8-23-7-14/h6-8,10-13H,2-5,9H2,1H3. The Labute approximate surface area is 167 Å². The summed E-state index contributed by atoms with van der Waals surface area (Å²) in [4.78, 5) is 24.6. The molecule has 5 nitrogen and oxygen atoms in total. The second kappa shape index (κ2) is 7.56. The Morgan fingerprint density at radius 1 is 1.19 bits per heavy atom. The molecule has 0 unspecified atom stereocenters. The van der Waals surface area contributed by atoms with Gasteiger partial charge in [-0.05, 0) is 42.3 Å². The van der Waals surface area contributed by atoms with Gasteiger partial charge >= 0.3 is 0 Å². The molecule has 0 spiro atoms. The highest BCUT2D eigenvalue weighted by Crippen LogP contribution is 2.34. The molecule has 27 heavy (non-hydrogen) atoms. The molecule has 0 bridgehead atoms. The summed E-state index contributed by atoms with van der Waals surface area (Å²) < 4.78 is 2.10. The molecule has 3 heterocycles. The second-order valence-corrected chi connectivity index (χ2v) is 8.19. The Hall–Kier alpha value is -1.98. The van der Waals surface area contributed by atoms with Crippen LogP contribution in [0.25, 0.3) is 22.3 Å². The smallest absolute Gasteiger partial charge is 0.223 e. The van der Waals surface area contributed by atoms with E-state index in [1.807, 2.05) is 6.20 Å². The van der Waals surface area contributed by atoms with Gasteiger partial charge in [0.05, 0.1) is 16.1 Å². The monoisotopic (exact) mass is 402 g/mol. The molecule has 3 aromatic heterocycles. The first-order chi connectivity index (χ1) is 13.0. The number of carbonyl (C=O) groups excluding carboxylic acids is 1. The fraction of sp³-hybridized carbons (Fsp3) is 0.400. The van der Waals surface area contributed by atoms with E-state index in [9.17, 15) is 4.79 Å². The zero-order chi connectivity index (χ0) is 19.0. The van der Waals surface area contributed by atoms with E-state index >= 15 is 0 Å². The average molecular weight is 403 g/mol. The van der Waals surface area contributed by atoms with Crippen LogP contribution in [0.5, 0.6) is 0 Å². The fourth-order valence-corrected chi connectivity index (χ4v) is 4.30. The van der Waals surface area contributed by atoms with Crippen LogP contribution in [0.2, 0.25) is 10.3 Å². The zero-order valence-corrected chi connectivity index (χ0v) is 16.5. The summed E-state index contributed by atoms with van der Waals surface area (Å²) in [7, 11) is 0. The summed E-state index contributed by atoms with van der Waals surface area (Å²) in [6.45, 7) is 3.15. The number of rotatable bonds is 4. The number of hydrogen-bond donors (Lipinski definition) is 0. The van der Waals surface area contributed by atoms with E-state index in [1.54, 1.807) is 18.5 Å². The van der Waals surface area contributed by atoms with Crippen LogP contribution in [0.15, 0.2) is 24.7 Å². The van der Waals surface area contributed by atoms with Gasteiger partial charge in [-0.15, -0.1) is 0 Å². The van der Waals surface area contributed by atoms with Crippen molar-refractivity contribution in [1.82, 2.24) is 19.5 Å². The van der Waals surface area contributed by atoms with Gasteiger partial charge in [-0.3, -0.25) is 9.78 Å². The third kappa shape index (κ3) is 3.71. The lowest BCUT2D eigenvalue weighted by Gasteiger charge is -2.26. The summed E-state index contributed by atoms with van der Waals surface area (Å²) in [5, 5.41) is 0.621.